The monoisotopic (exact) mass is 285 g/mol. The highest BCUT2D eigenvalue weighted by molar-refractivity contribution is 7.98. The summed E-state index contributed by atoms with van der Waals surface area (Å²) in [6, 6.07) is 6.24. The third kappa shape index (κ3) is 5.51. The average Bonchev–Trinajstić information content (AvgIpc) is 2.39. The number of hydrogen-bond donors (Lipinski definition) is 1. The number of thioether (sulfide) groups is 1. The molecule has 0 fully saturated rings. The zero-order chi connectivity index (χ0) is 14.3. The van der Waals surface area contributed by atoms with Gasteiger partial charge in [0, 0.05) is 11.7 Å². The van der Waals surface area contributed by atoms with E-state index in [1.165, 1.54) is 6.07 Å². The predicted octanol–water partition coefficient (Wildman–Crippen LogP) is 2.71. The summed E-state index contributed by atoms with van der Waals surface area (Å²) in [5.74, 6) is 0.570. The van der Waals surface area contributed by atoms with Crippen LogP contribution in [0.15, 0.2) is 24.3 Å². The van der Waals surface area contributed by atoms with Crippen LogP contribution in [0.2, 0.25) is 0 Å². The van der Waals surface area contributed by atoms with Crippen molar-refractivity contribution in [2.75, 3.05) is 18.6 Å². The Kier molecular flexibility index (Phi) is 6.70. The van der Waals surface area contributed by atoms with Crippen molar-refractivity contribution in [1.82, 2.24) is 5.32 Å². The molecule has 106 valence electrons. The van der Waals surface area contributed by atoms with Gasteiger partial charge in [-0.15, -0.1) is 0 Å². The van der Waals surface area contributed by atoms with Crippen molar-refractivity contribution in [3.05, 3.63) is 30.1 Å². The van der Waals surface area contributed by atoms with Crippen molar-refractivity contribution in [3.8, 4) is 5.75 Å². The molecular weight excluding hydrogens is 265 g/mol. The average molecular weight is 285 g/mol. The Bertz CT molecular complexity index is 414. The molecule has 0 saturated heterocycles. The maximum atomic E-state index is 13.4. The number of ether oxygens (including phenoxy) is 1. The first-order chi connectivity index (χ1) is 9.04. The van der Waals surface area contributed by atoms with Gasteiger partial charge in [0.25, 0.3) is 0 Å². The lowest BCUT2D eigenvalue weighted by Crippen LogP contribution is -2.37. The number of para-hydroxylation sites is 1. The van der Waals surface area contributed by atoms with Crippen molar-refractivity contribution < 1.29 is 13.9 Å². The van der Waals surface area contributed by atoms with Gasteiger partial charge in [-0.3, -0.25) is 4.79 Å². The maximum Gasteiger partial charge on any atom is 0.223 e. The van der Waals surface area contributed by atoms with E-state index < -0.39 is 5.82 Å². The minimum atomic E-state index is -0.392. The topological polar surface area (TPSA) is 38.3 Å². The Hall–Kier alpha value is -1.23. The van der Waals surface area contributed by atoms with E-state index in [0.29, 0.717) is 6.54 Å². The minimum absolute atomic E-state index is 0.00154. The van der Waals surface area contributed by atoms with E-state index in [1.54, 1.807) is 36.9 Å². The third-order valence-electron chi connectivity index (χ3n) is 2.59. The molecule has 1 aromatic rings. The highest BCUT2D eigenvalue weighted by atomic mass is 32.2. The number of halogens is 1. The Balaban J connectivity index is 2.38. The molecule has 2 atom stereocenters. The number of amides is 1. The minimum Gasteiger partial charge on any atom is -0.486 e. The zero-order valence-corrected chi connectivity index (χ0v) is 12.3. The van der Waals surface area contributed by atoms with E-state index in [1.807, 2.05) is 13.2 Å². The number of benzene rings is 1. The quantitative estimate of drug-likeness (QED) is 0.837. The Morgan fingerprint density at radius 3 is 2.74 bits per heavy atom. The Morgan fingerprint density at radius 2 is 2.11 bits per heavy atom. The molecule has 0 aliphatic rings. The standard InChI is InChI=1S/C14H20FNO2S/c1-10(9-19-3)14(17)16-8-11(2)18-13-7-5-4-6-12(13)15/h4-7,10-11H,8-9H2,1-3H3,(H,16,17)/t10-,11-/m1/s1. The van der Waals surface area contributed by atoms with Gasteiger partial charge in [0.05, 0.1) is 6.54 Å². The first-order valence-electron chi connectivity index (χ1n) is 6.22. The SMILES string of the molecule is CSC[C@@H](C)C(=O)NC[C@@H](C)Oc1ccccc1F. The van der Waals surface area contributed by atoms with Crippen LogP contribution in [0.5, 0.6) is 5.75 Å². The fourth-order valence-corrected chi connectivity index (χ4v) is 2.19. The number of carbonyl (C=O) groups excluding carboxylic acids is 1. The van der Waals surface area contributed by atoms with E-state index >= 15 is 0 Å². The lowest BCUT2D eigenvalue weighted by atomic mass is 10.2. The summed E-state index contributed by atoms with van der Waals surface area (Å²) in [5, 5.41) is 2.81. The fraction of sp³-hybridized carbons (Fsp3) is 0.500. The molecule has 3 nitrogen and oxygen atoms in total. The second-order valence-electron chi connectivity index (χ2n) is 4.46. The van der Waals surface area contributed by atoms with Crippen molar-refractivity contribution >= 4 is 17.7 Å². The van der Waals surface area contributed by atoms with Crippen LogP contribution in [-0.4, -0.2) is 30.6 Å². The van der Waals surface area contributed by atoms with Crippen LogP contribution in [0.1, 0.15) is 13.8 Å². The van der Waals surface area contributed by atoms with E-state index in [0.717, 1.165) is 5.75 Å². The van der Waals surface area contributed by atoms with E-state index in [4.69, 9.17) is 4.74 Å². The van der Waals surface area contributed by atoms with Gasteiger partial charge in [-0.05, 0) is 25.3 Å². The normalized spacial score (nSPS) is 13.7. The van der Waals surface area contributed by atoms with Crippen LogP contribution in [0, 0.1) is 11.7 Å². The van der Waals surface area contributed by atoms with E-state index in [9.17, 15) is 9.18 Å². The van der Waals surface area contributed by atoms with Crippen molar-refractivity contribution in [2.45, 2.75) is 20.0 Å². The third-order valence-corrected chi connectivity index (χ3v) is 3.43. The molecule has 1 aromatic carbocycles. The summed E-state index contributed by atoms with van der Waals surface area (Å²) >= 11 is 1.64. The maximum absolute atomic E-state index is 13.4. The van der Waals surface area contributed by atoms with Crippen LogP contribution in [0.3, 0.4) is 0 Å². The van der Waals surface area contributed by atoms with Crippen LogP contribution in [0.25, 0.3) is 0 Å². The van der Waals surface area contributed by atoms with Crippen molar-refractivity contribution in [1.29, 1.82) is 0 Å². The molecule has 5 heteroatoms. The number of hydrogen-bond acceptors (Lipinski definition) is 3. The Labute approximate surface area is 117 Å². The molecule has 0 spiro atoms. The summed E-state index contributed by atoms with van der Waals surface area (Å²) in [5.41, 5.74) is 0. The molecule has 0 aromatic heterocycles. The molecule has 0 aliphatic heterocycles. The van der Waals surface area contributed by atoms with Crippen LogP contribution < -0.4 is 10.1 Å². The molecule has 1 N–H and O–H groups in total. The van der Waals surface area contributed by atoms with E-state index in [2.05, 4.69) is 5.32 Å². The molecule has 0 radical (unpaired) electrons. The van der Waals surface area contributed by atoms with Gasteiger partial charge in [-0.2, -0.15) is 11.8 Å². The van der Waals surface area contributed by atoms with Crippen LogP contribution in [0.4, 0.5) is 4.39 Å². The number of nitrogens with one attached hydrogen (secondary N) is 1. The highest BCUT2D eigenvalue weighted by Crippen LogP contribution is 2.16. The molecule has 0 bridgehead atoms. The molecule has 0 aliphatic carbocycles. The number of rotatable bonds is 7. The summed E-state index contributed by atoms with van der Waals surface area (Å²) in [4.78, 5) is 11.7. The second-order valence-corrected chi connectivity index (χ2v) is 5.37. The summed E-state index contributed by atoms with van der Waals surface area (Å²) in [7, 11) is 0. The van der Waals surface area contributed by atoms with Gasteiger partial charge in [-0.1, -0.05) is 19.1 Å². The first-order valence-corrected chi connectivity index (χ1v) is 7.61. The predicted molar refractivity (Wildman–Crippen MR) is 77.0 cm³/mol. The van der Waals surface area contributed by atoms with Crippen LogP contribution >= 0.6 is 11.8 Å². The van der Waals surface area contributed by atoms with Gasteiger partial charge in [0.1, 0.15) is 6.10 Å². The summed E-state index contributed by atoms with van der Waals surface area (Å²) in [6.07, 6.45) is 1.69. The molecule has 1 amide bonds. The smallest absolute Gasteiger partial charge is 0.223 e. The summed E-state index contributed by atoms with van der Waals surface area (Å²) < 4.78 is 18.8. The molecule has 0 unspecified atom stereocenters. The fourth-order valence-electron chi connectivity index (χ4n) is 1.54. The molecule has 1 rings (SSSR count). The van der Waals surface area contributed by atoms with Gasteiger partial charge < -0.3 is 10.1 Å². The Morgan fingerprint density at radius 1 is 1.42 bits per heavy atom. The molecule has 0 saturated carbocycles. The zero-order valence-electron chi connectivity index (χ0n) is 11.5. The highest BCUT2D eigenvalue weighted by Gasteiger charge is 2.14. The van der Waals surface area contributed by atoms with Crippen LogP contribution in [-0.2, 0) is 4.79 Å². The largest absolute Gasteiger partial charge is 0.486 e. The van der Waals surface area contributed by atoms with Gasteiger partial charge in [0.15, 0.2) is 11.6 Å². The molecule has 0 heterocycles. The molecular formula is C14H20FNO2S. The summed E-state index contributed by atoms with van der Waals surface area (Å²) in [6.45, 7) is 4.05. The first kappa shape index (κ1) is 15.8. The van der Waals surface area contributed by atoms with Gasteiger partial charge in [-0.25, -0.2) is 4.39 Å². The van der Waals surface area contributed by atoms with Crippen molar-refractivity contribution in [2.24, 2.45) is 5.92 Å². The van der Waals surface area contributed by atoms with Gasteiger partial charge in [0.2, 0.25) is 5.91 Å². The van der Waals surface area contributed by atoms with Gasteiger partial charge >= 0.3 is 0 Å². The van der Waals surface area contributed by atoms with E-state index in [-0.39, 0.29) is 23.7 Å². The second kappa shape index (κ2) is 8.04. The van der Waals surface area contributed by atoms with Crippen molar-refractivity contribution in [3.63, 3.8) is 0 Å². The number of carbonyl (C=O) groups is 1. The molecule has 19 heavy (non-hydrogen) atoms. The lowest BCUT2D eigenvalue weighted by molar-refractivity contribution is -0.124. The lowest BCUT2D eigenvalue weighted by Gasteiger charge is -2.17.